The number of nitrogens with two attached hydrogens (primary N) is 1. The SMILES string of the molecule is [2H]NN[C@@H](C)C(=O)O. The van der Waals surface area contributed by atoms with Crippen molar-refractivity contribution in [1.82, 2.24) is 5.43 Å². The van der Waals surface area contributed by atoms with Gasteiger partial charge in [0.25, 0.3) is 0 Å². The minimum atomic E-state index is -0.982. The summed E-state index contributed by atoms with van der Waals surface area (Å²) in [6.45, 7) is 1.43. The van der Waals surface area contributed by atoms with Gasteiger partial charge in [0.1, 0.15) is 7.45 Å². The molecule has 4 nitrogen and oxygen atoms in total. The molecule has 0 spiro atoms. The van der Waals surface area contributed by atoms with E-state index in [-0.39, 0.29) is 0 Å². The van der Waals surface area contributed by atoms with Gasteiger partial charge in [0, 0.05) is 0 Å². The van der Waals surface area contributed by atoms with Crippen LogP contribution in [0.3, 0.4) is 0 Å². The molecule has 4 N–H and O–H groups in total. The van der Waals surface area contributed by atoms with Gasteiger partial charge in [-0.15, -0.1) is 0 Å². The monoisotopic (exact) mass is 105 g/mol. The lowest BCUT2D eigenvalue weighted by atomic mass is 10.4. The molecule has 0 aromatic rings. The summed E-state index contributed by atoms with van der Waals surface area (Å²) in [4.78, 5) is 9.90. The summed E-state index contributed by atoms with van der Waals surface area (Å²) in [5.74, 6) is 0.786. The van der Waals surface area contributed by atoms with Crippen LogP contribution in [0.15, 0.2) is 0 Å². The second kappa shape index (κ2) is 2.54. The number of rotatable bonds is 3. The molecule has 0 bridgehead atoms. The summed E-state index contributed by atoms with van der Waals surface area (Å²) in [7, 11) is 0. The molecule has 42 valence electrons. The molecule has 0 saturated heterocycles. The summed E-state index contributed by atoms with van der Waals surface area (Å²) in [5, 5.41) is 8.13. The average Bonchev–Trinajstić information content (AvgIpc) is 1.67. The van der Waals surface area contributed by atoms with Gasteiger partial charge in [-0.05, 0) is 6.92 Å². The van der Waals surface area contributed by atoms with Crippen LogP contribution in [0.25, 0.3) is 0 Å². The molecule has 0 aromatic heterocycles. The van der Waals surface area contributed by atoms with Gasteiger partial charge in [-0.25, -0.2) is 5.43 Å². The largest absolute Gasteiger partial charge is 0.480 e. The third kappa shape index (κ3) is 2.13. The van der Waals surface area contributed by atoms with E-state index in [1.807, 2.05) is 0 Å². The first kappa shape index (κ1) is 4.55. The third-order valence-corrected chi connectivity index (χ3v) is 0.587. The Morgan fingerprint density at radius 1 is 2.29 bits per heavy atom. The number of carbonyl (C=O) groups is 1. The Kier molecular flexibility index (Phi) is 1.65. The van der Waals surface area contributed by atoms with Crippen LogP contribution >= 0.6 is 0 Å². The molecule has 0 rings (SSSR count). The number of nitrogens with one attached hydrogen (secondary N) is 1. The highest BCUT2D eigenvalue weighted by Crippen LogP contribution is 1.72. The summed E-state index contributed by atoms with van der Waals surface area (Å²) in [6.07, 6.45) is 0. The summed E-state index contributed by atoms with van der Waals surface area (Å²) in [6, 6.07) is -0.715. The van der Waals surface area contributed by atoms with Gasteiger partial charge >= 0.3 is 5.97 Å². The number of aliphatic carboxylic acids is 1. The zero-order valence-electron chi connectivity index (χ0n) is 4.93. The first-order valence-electron chi connectivity index (χ1n) is 2.33. The number of carboxylic acid groups (broad SMARTS) is 1. The van der Waals surface area contributed by atoms with Crippen LogP contribution in [0.1, 0.15) is 6.92 Å². The third-order valence-electron chi connectivity index (χ3n) is 0.587. The van der Waals surface area contributed by atoms with E-state index in [0.717, 1.165) is 0 Å². The Bertz CT molecular complexity index is 87.4. The minimum absolute atomic E-state index is 0.715. The van der Waals surface area contributed by atoms with Gasteiger partial charge in [-0.1, -0.05) is 0 Å². The van der Waals surface area contributed by atoms with Crippen molar-refractivity contribution in [3.63, 3.8) is 0 Å². The molecular weight excluding hydrogens is 96.0 g/mol. The second-order valence-electron chi connectivity index (χ2n) is 1.20. The zero-order chi connectivity index (χ0) is 6.57. The number of hydrazine groups is 1. The van der Waals surface area contributed by atoms with Gasteiger partial charge in [0.05, 0.1) is 0 Å². The maximum absolute atomic E-state index is 9.90. The van der Waals surface area contributed by atoms with Crippen LogP contribution in [0.5, 0.6) is 0 Å². The van der Waals surface area contributed by atoms with E-state index in [9.17, 15) is 4.79 Å². The molecule has 0 aliphatic rings. The van der Waals surface area contributed by atoms with Crippen LogP contribution < -0.4 is 11.3 Å². The van der Waals surface area contributed by atoms with E-state index in [2.05, 4.69) is 5.43 Å². The van der Waals surface area contributed by atoms with Crippen LogP contribution in [-0.4, -0.2) is 17.1 Å². The molecule has 0 saturated carbocycles. The fourth-order valence-corrected chi connectivity index (χ4v) is 0.0617. The van der Waals surface area contributed by atoms with Gasteiger partial charge < -0.3 is 5.11 Å². The normalized spacial score (nSPS) is 15.3. The summed E-state index contributed by atoms with van der Waals surface area (Å²) < 4.78 is 6.30. The molecular formula is C3H8N2O2. The van der Waals surface area contributed by atoms with E-state index in [1.54, 1.807) is 5.84 Å². The Balaban J connectivity index is 3.32. The summed E-state index contributed by atoms with van der Waals surface area (Å²) in [5.41, 5.74) is 2.16. The first-order chi connectivity index (χ1) is 3.68. The van der Waals surface area contributed by atoms with Crippen LogP contribution in [0.4, 0.5) is 0 Å². The maximum Gasteiger partial charge on any atom is 0.321 e. The van der Waals surface area contributed by atoms with Crippen molar-refractivity contribution in [3.8, 4) is 0 Å². The van der Waals surface area contributed by atoms with Gasteiger partial charge in [0.15, 0.2) is 0 Å². The quantitative estimate of drug-likeness (QED) is 0.315. The lowest BCUT2D eigenvalue weighted by Gasteiger charge is -1.99. The number of hydrogen-bond acceptors (Lipinski definition) is 3. The van der Waals surface area contributed by atoms with E-state index in [1.165, 1.54) is 6.92 Å². The molecule has 0 heterocycles. The van der Waals surface area contributed by atoms with Crippen molar-refractivity contribution in [1.29, 1.82) is 0 Å². The topological polar surface area (TPSA) is 75.3 Å². The van der Waals surface area contributed by atoms with Crippen LogP contribution in [0, 0.1) is 0 Å². The van der Waals surface area contributed by atoms with Gasteiger partial charge in [0.2, 0.25) is 0 Å². The number of hydrogen-bond donors (Lipinski definition) is 3. The highest BCUT2D eigenvalue weighted by molar-refractivity contribution is 5.72. The van der Waals surface area contributed by atoms with Crippen molar-refractivity contribution in [3.05, 3.63) is 0 Å². The second-order valence-corrected chi connectivity index (χ2v) is 1.20. The van der Waals surface area contributed by atoms with E-state index < -0.39 is 12.0 Å². The van der Waals surface area contributed by atoms with E-state index in [4.69, 9.17) is 6.52 Å². The molecule has 4 heteroatoms. The Hall–Kier alpha value is -0.610. The molecule has 7 heavy (non-hydrogen) atoms. The average molecular weight is 105 g/mol. The summed E-state index contributed by atoms with van der Waals surface area (Å²) >= 11 is 0. The van der Waals surface area contributed by atoms with E-state index in [0.29, 0.717) is 0 Å². The Morgan fingerprint density at radius 2 is 2.86 bits per heavy atom. The lowest BCUT2D eigenvalue weighted by molar-refractivity contribution is -0.138. The molecule has 0 aliphatic carbocycles. The lowest BCUT2D eigenvalue weighted by Crippen LogP contribution is -2.38. The Labute approximate surface area is 42.7 Å². The smallest absolute Gasteiger partial charge is 0.321 e. The Morgan fingerprint density at radius 3 is 3.00 bits per heavy atom. The fraction of sp³-hybridized carbons (Fsp3) is 0.667. The van der Waals surface area contributed by atoms with Gasteiger partial charge in [-0.2, -0.15) is 0 Å². The van der Waals surface area contributed by atoms with Crippen molar-refractivity contribution in [2.24, 2.45) is 5.84 Å². The standard InChI is InChI=1S/C3H8N2O2/c1-2(5-4)3(6)7/h2,5H,4H2,1H3,(H,6,7)/t2-/m0/s1/i/hD. The predicted molar refractivity (Wildman–Crippen MR) is 24.4 cm³/mol. The molecule has 0 unspecified atom stereocenters. The van der Waals surface area contributed by atoms with E-state index >= 15 is 0 Å². The first-order valence-corrected chi connectivity index (χ1v) is 1.83. The van der Waals surface area contributed by atoms with Crippen molar-refractivity contribution >= 4 is 5.97 Å². The molecule has 0 radical (unpaired) electrons. The molecule has 0 aromatic carbocycles. The minimum Gasteiger partial charge on any atom is -0.480 e. The van der Waals surface area contributed by atoms with Crippen molar-refractivity contribution in [2.45, 2.75) is 13.0 Å². The van der Waals surface area contributed by atoms with Crippen LogP contribution in [0.2, 0.25) is 1.41 Å². The highest BCUT2D eigenvalue weighted by atomic mass is 16.4. The zero-order valence-corrected chi connectivity index (χ0v) is 3.93. The van der Waals surface area contributed by atoms with Crippen molar-refractivity contribution in [2.75, 3.05) is 0 Å². The van der Waals surface area contributed by atoms with Gasteiger partial charge in [-0.3, -0.25) is 10.6 Å². The van der Waals surface area contributed by atoms with Crippen molar-refractivity contribution < 1.29 is 11.3 Å². The highest BCUT2D eigenvalue weighted by Gasteiger charge is 2.04. The molecule has 1 atom stereocenters. The fourth-order valence-electron chi connectivity index (χ4n) is 0.0617. The molecule has 0 fully saturated rings. The molecule has 0 amide bonds. The maximum atomic E-state index is 9.90. The number of carboxylic acids is 1. The predicted octanol–water partition coefficient (Wildman–Crippen LogP) is -1.08. The van der Waals surface area contributed by atoms with Crippen LogP contribution in [-0.2, 0) is 4.79 Å². The molecule has 0 aliphatic heterocycles.